The zero-order chi connectivity index (χ0) is 51.4. The summed E-state index contributed by atoms with van der Waals surface area (Å²) >= 11 is 0. The summed E-state index contributed by atoms with van der Waals surface area (Å²) in [6, 6.07) is 0. The molecule has 71 heavy (non-hydrogen) atoms. The first-order chi connectivity index (χ1) is 35.0. The van der Waals surface area contributed by atoms with E-state index in [-0.39, 0.29) is 31.1 Å². The predicted molar refractivity (Wildman–Crippen MR) is 307 cm³/mol. The van der Waals surface area contributed by atoms with E-state index in [9.17, 15) is 14.4 Å². The summed E-state index contributed by atoms with van der Waals surface area (Å²) in [6.07, 6.45) is 79.7. The average molecular weight is 986 g/mol. The Kier molecular flexibility index (Phi) is 55.4. The highest BCUT2D eigenvalue weighted by Gasteiger charge is 2.19. The standard InChI is InChI=1S/C65H108O6/c1-4-7-10-13-16-18-20-22-24-26-27-28-29-30-31-32-33-34-35-36-37-39-40-42-44-46-49-52-55-58-64(67)70-61-62(60-69-63(66)57-54-51-48-15-12-9-6-3)71-65(68)59-56-53-50-47-45-43-41-38-25-23-21-19-17-14-11-8-5-2/h7-8,10-11,16-19,22-25,27-28,30-31,41,43,62H,4-6,9,12-15,20-21,26,29,32-40,42,44-61H2,1-3H3/b10-7-,11-8-,18-16-,19-17-,24-22-,25-23-,28-27-,31-30-,43-41-. The van der Waals surface area contributed by atoms with E-state index in [0.717, 1.165) is 128 Å². The van der Waals surface area contributed by atoms with Gasteiger partial charge in [-0.2, -0.15) is 0 Å². The van der Waals surface area contributed by atoms with Gasteiger partial charge in [-0.3, -0.25) is 14.4 Å². The molecule has 0 amide bonds. The summed E-state index contributed by atoms with van der Waals surface area (Å²) in [5.74, 6) is -0.918. The quantitative estimate of drug-likeness (QED) is 0.0261. The average Bonchev–Trinajstić information content (AvgIpc) is 3.37. The number of esters is 3. The number of carbonyl (C=O) groups is 3. The van der Waals surface area contributed by atoms with Crippen LogP contribution in [0.5, 0.6) is 0 Å². The van der Waals surface area contributed by atoms with Crippen LogP contribution in [0, 0.1) is 0 Å². The van der Waals surface area contributed by atoms with E-state index >= 15 is 0 Å². The fourth-order valence-corrected chi connectivity index (χ4v) is 7.93. The van der Waals surface area contributed by atoms with Gasteiger partial charge < -0.3 is 14.2 Å². The largest absolute Gasteiger partial charge is 0.462 e. The van der Waals surface area contributed by atoms with Crippen molar-refractivity contribution in [1.82, 2.24) is 0 Å². The molecular weight excluding hydrogens is 877 g/mol. The second-order valence-corrected chi connectivity index (χ2v) is 19.1. The summed E-state index contributed by atoms with van der Waals surface area (Å²) in [4.78, 5) is 38.0. The van der Waals surface area contributed by atoms with Gasteiger partial charge in [-0.15, -0.1) is 0 Å². The van der Waals surface area contributed by atoms with E-state index in [2.05, 4.69) is 130 Å². The second kappa shape index (κ2) is 58.6. The van der Waals surface area contributed by atoms with Crippen LogP contribution in [0.15, 0.2) is 109 Å². The van der Waals surface area contributed by atoms with Crippen molar-refractivity contribution in [2.45, 2.75) is 271 Å². The van der Waals surface area contributed by atoms with Crippen LogP contribution in [-0.2, 0) is 28.6 Å². The minimum atomic E-state index is -0.789. The second-order valence-electron chi connectivity index (χ2n) is 19.1. The Balaban J connectivity index is 4.15. The number of allylic oxidation sites excluding steroid dienone is 18. The molecule has 0 aliphatic heterocycles. The third-order valence-electron chi connectivity index (χ3n) is 12.3. The fourth-order valence-electron chi connectivity index (χ4n) is 7.93. The predicted octanol–water partition coefficient (Wildman–Crippen LogP) is 19.9. The van der Waals surface area contributed by atoms with E-state index in [1.807, 2.05) is 0 Å². The topological polar surface area (TPSA) is 78.9 Å². The van der Waals surface area contributed by atoms with E-state index in [1.165, 1.54) is 96.3 Å². The molecule has 0 saturated carbocycles. The highest BCUT2D eigenvalue weighted by atomic mass is 16.6. The van der Waals surface area contributed by atoms with Crippen molar-refractivity contribution in [3.8, 4) is 0 Å². The van der Waals surface area contributed by atoms with Crippen molar-refractivity contribution >= 4 is 17.9 Å². The van der Waals surface area contributed by atoms with Crippen molar-refractivity contribution in [3.63, 3.8) is 0 Å². The van der Waals surface area contributed by atoms with Crippen molar-refractivity contribution in [1.29, 1.82) is 0 Å². The zero-order valence-corrected chi connectivity index (χ0v) is 46.2. The molecule has 0 aliphatic carbocycles. The van der Waals surface area contributed by atoms with Crippen LogP contribution in [0.3, 0.4) is 0 Å². The molecule has 0 heterocycles. The summed E-state index contributed by atoms with van der Waals surface area (Å²) < 4.78 is 16.8. The van der Waals surface area contributed by atoms with Gasteiger partial charge in [0, 0.05) is 19.3 Å². The maximum Gasteiger partial charge on any atom is 0.306 e. The molecule has 404 valence electrons. The Morgan fingerprint density at radius 3 is 0.859 bits per heavy atom. The molecule has 0 aliphatic rings. The van der Waals surface area contributed by atoms with Gasteiger partial charge >= 0.3 is 17.9 Å². The van der Waals surface area contributed by atoms with Crippen LogP contribution < -0.4 is 0 Å². The molecule has 6 heteroatoms. The summed E-state index contributed by atoms with van der Waals surface area (Å²) in [6.45, 7) is 6.35. The van der Waals surface area contributed by atoms with Crippen LogP contribution in [0.25, 0.3) is 0 Å². The molecule has 1 atom stereocenters. The van der Waals surface area contributed by atoms with Crippen molar-refractivity contribution < 1.29 is 28.6 Å². The molecule has 0 aromatic heterocycles. The molecule has 0 saturated heterocycles. The molecule has 0 rings (SSSR count). The van der Waals surface area contributed by atoms with Gasteiger partial charge in [-0.1, -0.05) is 252 Å². The van der Waals surface area contributed by atoms with Gasteiger partial charge in [-0.05, 0) is 103 Å². The first kappa shape index (κ1) is 67.1. The van der Waals surface area contributed by atoms with Gasteiger partial charge in [-0.25, -0.2) is 0 Å². The molecule has 0 N–H and O–H groups in total. The monoisotopic (exact) mass is 985 g/mol. The van der Waals surface area contributed by atoms with Crippen LogP contribution >= 0.6 is 0 Å². The molecule has 0 fully saturated rings. The third-order valence-corrected chi connectivity index (χ3v) is 12.3. The van der Waals surface area contributed by atoms with Crippen LogP contribution in [-0.4, -0.2) is 37.2 Å². The minimum absolute atomic E-state index is 0.0876. The molecular formula is C65H108O6. The molecule has 1 unspecified atom stereocenters. The lowest BCUT2D eigenvalue weighted by molar-refractivity contribution is -0.167. The molecule has 0 radical (unpaired) electrons. The highest BCUT2D eigenvalue weighted by molar-refractivity contribution is 5.71. The van der Waals surface area contributed by atoms with Crippen LogP contribution in [0.1, 0.15) is 265 Å². The summed E-state index contributed by atoms with van der Waals surface area (Å²) in [7, 11) is 0. The van der Waals surface area contributed by atoms with Gasteiger partial charge in [0.1, 0.15) is 13.2 Å². The van der Waals surface area contributed by atoms with Gasteiger partial charge in [0.05, 0.1) is 0 Å². The lowest BCUT2D eigenvalue weighted by atomic mass is 10.0. The Labute approximate surface area is 438 Å². The third kappa shape index (κ3) is 56.9. The summed E-state index contributed by atoms with van der Waals surface area (Å²) in [5, 5.41) is 0. The smallest absolute Gasteiger partial charge is 0.306 e. The maximum absolute atomic E-state index is 12.8. The number of hydrogen-bond donors (Lipinski definition) is 0. The number of hydrogen-bond acceptors (Lipinski definition) is 6. The maximum atomic E-state index is 12.8. The van der Waals surface area contributed by atoms with Crippen molar-refractivity contribution in [2.24, 2.45) is 0 Å². The minimum Gasteiger partial charge on any atom is -0.462 e. The highest BCUT2D eigenvalue weighted by Crippen LogP contribution is 2.15. The lowest BCUT2D eigenvalue weighted by Gasteiger charge is -2.18. The first-order valence-electron chi connectivity index (χ1n) is 29.4. The van der Waals surface area contributed by atoms with E-state index in [4.69, 9.17) is 14.2 Å². The number of unbranched alkanes of at least 4 members (excludes halogenated alkanes) is 23. The molecule has 0 bridgehead atoms. The summed E-state index contributed by atoms with van der Waals surface area (Å²) in [5.41, 5.74) is 0. The fraction of sp³-hybridized carbons (Fsp3) is 0.677. The van der Waals surface area contributed by atoms with Crippen molar-refractivity contribution in [2.75, 3.05) is 13.2 Å². The number of carbonyl (C=O) groups excluding carboxylic acids is 3. The first-order valence-corrected chi connectivity index (χ1v) is 29.4. The number of rotatable bonds is 52. The SMILES string of the molecule is CC/C=C\C/C=C\C/C=C\C/C=C\C/C=C\CCCCCCCCCCCCCCCC(=O)OCC(COC(=O)CCCCCCCCC)OC(=O)CCCCCC/C=C\C/C=C\C/C=C\C/C=C\CC. The Hall–Kier alpha value is -3.93. The van der Waals surface area contributed by atoms with E-state index in [0.29, 0.717) is 19.3 Å². The van der Waals surface area contributed by atoms with E-state index < -0.39 is 6.10 Å². The molecule has 0 aromatic carbocycles. The lowest BCUT2D eigenvalue weighted by Crippen LogP contribution is -2.30. The Morgan fingerprint density at radius 2 is 0.549 bits per heavy atom. The molecule has 0 spiro atoms. The number of ether oxygens (including phenoxy) is 3. The van der Waals surface area contributed by atoms with Gasteiger partial charge in [0.15, 0.2) is 6.10 Å². The van der Waals surface area contributed by atoms with Crippen LogP contribution in [0.4, 0.5) is 0 Å². The van der Waals surface area contributed by atoms with E-state index in [1.54, 1.807) is 0 Å². The van der Waals surface area contributed by atoms with Crippen molar-refractivity contribution in [3.05, 3.63) is 109 Å². The molecule has 6 nitrogen and oxygen atoms in total. The zero-order valence-electron chi connectivity index (χ0n) is 46.2. The molecule has 0 aromatic rings. The van der Waals surface area contributed by atoms with Gasteiger partial charge in [0.25, 0.3) is 0 Å². The normalized spacial score (nSPS) is 12.9. The Morgan fingerprint density at radius 1 is 0.296 bits per heavy atom. The Bertz CT molecular complexity index is 1460. The van der Waals surface area contributed by atoms with Crippen LogP contribution in [0.2, 0.25) is 0 Å². The van der Waals surface area contributed by atoms with Gasteiger partial charge in [0.2, 0.25) is 0 Å².